The molecule has 1 aliphatic carbocycles. The van der Waals surface area contributed by atoms with Gasteiger partial charge in [-0.2, -0.15) is 0 Å². The van der Waals surface area contributed by atoms with Crippen molar-refractivity contribution in [1.29, 1.82) is 0 Å². The second-order valence-corrected chi connectivity index (χ2v) is 4.60. The first-order valence-electron chi connectivity index (χ1n) is 5.24. The SMILES string of the molecule is CCOC(=O)C1CC2(CN1)CC(F)(F)C2.Cl. The van der Waals surface area contributed by atoms with E-state index in [-0.39, 0.29) is 42.7 Å². The quantitative estimate of drug-likeness (QED) is 0.764. The van der Waals surface area contributed by atoms with E-state index in [1.165, 1.54) is 0 Å². The lowest BCUT2D eigenvalue weighted by Crippen LogP contribution is -2.47. The molecule has 1 spiro atoms. The molecule has 0 aromatic heterocycles. The van der Waals surface area contributed by atoms with E-state index in [0.29, 0.717) is 19.6 Å². The van der Waals surface area contributed by atoms with Crippen molar-refractivity contribution in [3.8, 4) is 0 Å². The van der Waals surface area contributed by atoms with Gasteiger partial charge in [-0.1, -0.05) is 0 Å². The zero-order valence-corrected chi connectivity index (χ0v) is 9.91. The molecule has 0 aromatic rings. The van der Waals surface area contributed by atoms with Gasteiger partial charge in [-0.15, -0.1) is 12.4 Å². The molecule has 0 bridgehead atoms. The number of nitrogens with one attached hydrogen (secondary N) is 1. The molecule has 6 heteroatoms. The molecule has 0 aromatic carbocycles. The number of ether oxygens (including phenoxy) is 1. The minimum atomic E-state index is -2.52. The Balaban J connectivity index is 0.00000128. The van der Waals surface area contributed by atoms with Crippen molar-refractivity contribution in [1.82, 2.24) is 5.32 Å². The molecule has 16 heavy (non-hydrogen) atoms. The van der Waals surface area contributed by atoms with Crippen molar-refractivity contribution in [2.24, 2.45) is 5.41 Å². The summed E-state index contributed by atoms with van der Waals surface area (Å²) < 4.78 is 30.4. The van der Waals surface area contributed by atoms with Crippen LogP contribution < -0.4 is 5.32 Å². The van der Waals surface area contributed by atoms with Crippen LogP contribution in [0.3, 0.4) is 0 Å². The van der Waals surface area contributed by atoms with E-state index in [1.807, 2.05) is 0 Å². The second-order valence-electron chi connectivity index (χ2n) is 4.60. The molecule has 1 atom stereocenters. The molecular weight excluding hydrogens is 240 g/mol. The number of esters is 1. The number of alkyl halides is 2. The summed E-state index contributed by atoms with van der Waals surface area (Å²) in [5.41, 5.74) is -0.360. The fraction of sp³-hybridized carbons (Fsp3) is 0.900. The minimum Gasteiger partial charge on any atom is -0.465 e. The van der Waals surface area contributed by atoms with Gasteiger partial charge < -0.3 is 10.1 Å². The topological polar surface area (TPSA) is 38.3 Å². The largest absolute Gasteiger partial charge is 0.465 e. The number of carbonyl (C=O) groups is 1. The number of halogens is 3. The molecule has 1 saturated carbocycles. The summed E-state index contributed by atoms with van der Waals surface area (Å²) in [6, 6.07) is -0.388. The third kappa shape index (κ3) is 2.46. The number of rotatable bonds is 2. The second kappa shape index (κ2) is 4.45. The van der Waals surface area contributed by atoms with Gasteiger partial charge in [0.25, 0.3) is 0 Å². The zero-order valence-electron chi connectivity index (χ0n) is 9.09. The molecular formula is C10H16ClF2NO2. The van der Waals surface area contributed by atoms with Gasteiger partial charge >= 0.3 is 5.97 Å². The van der Waals surface area contributed by atoms with Crippen molar-refractivity contribution in [2.45, 2.75) is 38.2 Å². The minimum absolute atomic E-state index is 0. The van der Waals surface area contributed by atoms with Crippen LogP contribution in [0.5, 0.6) is 0 Å². The highest BCUT2D eigenvalue weighted by Crippen LogP contribution is 2.56. The van der Waals surface area contributed by atoms with Gasteiger partial charge in [0.2, 0.25) is 5.92 Å². The fourth-order valence-corrected chi connectivity index (χ4v) is 2.64. The van der Waals surface area contributed by atoms with Crippen molar-refractivity contribution in [3.63, 3.8) is 0 Å². The van der Waals surface area contributed by atoms with Crippen molar-refractivity contribution in [3.05, 3.63) is 0 Å². The van der Waals surface area contributed by atoms with Crippen LogP contribution >= 0.6 is 12.4 Å². The number of hydrogen-bond acceptors (Lipinski definition) is 3. The molecule has 1 heterocycles. The van der Waals surface area contributed by atoms with Gasteiger partial charge in [0.05, 0.1) is 6.61 Å². The Morgan fingerprint density at radius 1 is 1.50 bits per heavy atom. The van der Waals surface area contributed by atoms with Crippen LogP contribution in [0.1, 0.15) is 26.2 Å². The lowest BCUT2D eigenvalue weighted by Gasteiger charge is -2.44. The maximum absolute atomic E-state index is 12.8. The maximum atomic E-state index is 12.8. The van der Waals surface area contributed by atoms with E-state index in [1.54, 1.807) is 6.92 Å². The standard InChI is InChI=1S/C10H15F2NO2.ClH/c1-2-15-8(14)7-3-9(6-13-7)4-10(11,12)5-9;/h7,13H,2-6H2,1H3;1H. The highest BCUT2D eigenvalue weighted by atomic mass is 35.5. The first kappa shape index (κ1) is 13.6. The van der Waals surface area contributed by atoms with E-state index in [0.717, 1.165) is 0 Å². The first-order valence-corrected chi connectivity index (χ1v) is 5.24. The summed E-state index contributed by atoms with van der Waals surface area (Å²) >= 11 is 0. The smallest absolute Gasteiger partial charge is 0.323 e. The lowest BCUT2D eigenvalue weighted by atomic mass is 9.65. The van der Waals surface area contributed by atoms with Crippen molar-refractivity contribution < 1.29 is 18.3 Å². The molecule has 2 rings (SSSR count). The molecule has 3 nitrogen and oxygen atoms in total. The van der Waals surface area contributed by atoms with Crippen LogP contribution in [0, 0.1) is 5.41 Å². The van der Waals surface area contributed by atoms with Crippen molar-refractivity contribution >= 4 is 18.4 Å². The molecule has 0 amide bonds. The van der Waals surface area contributed by atoms with Gasteiger partial charge in [0, 0.05) is 19.4 Å². The van der Waals surface area contributed by atoms with Gasteiger partial charge in [-0.3, -0.25) is 4.79 Å². The summed E-state index contributed by atoms with van der Waals surface area (Å²) in [5.74, 6) is -2.84. The van der Waals surface area contributed by atoms with Crippen molar-refractivity contribution in [2.75, 3.05) is 13.2 Å². The Morgan fingerprint density at radius 2 is 2.12 bits per heavy atom. The monoisotopic (exact) mass is 255 g/mol. The first-order chi connectivity index (χ1) is 6.96. The van der Waals surface area contributed by atoms with E-state index in [2.05, 4.69) is 5.32 Å². The normalized spacial score (nSPS) is 29.3. The molecule has 1 N–H and O–H groups in total. The van der Waals surface area contributed by atoms with Crippen LogP contribution in [-0.4, -0.2) is 31.1 Å². The maximum Gasteiger partial charge on any atom is 0.323 e. The molecule has 94 valence electrons. The Hall–Kier alpha value is -0.420. The summed E-state index contributed by atoms with van der Waals surface area (Å²) in [4.78, 5) is 11.4. The molecule has 1 aliphatic heterocycles. The lowest BCUT2D eigenvalue weighted by molar-refractivity contribution is -0.158. The van der Waals surface area contributed by atoms with Gasteiger partial charge in [-0.05, 0) is 18.8 Å². The average molecular weight is 256 g/mol. The van der Waals surface area contributed by atoms with E-state index >= 15 is 0 Å². The predicted octanol–water partition coefficient (Wildman–Crippen LogP) is 1.75. The van der Waals surface area contributed by atoms with Crippen LogP contribution in [-0.2, 0) is 9.53 Å². The predicted molar refractivity (Wildman–Crippen MR) is 56.9 cm³/mol. The summed E-state index contributed by atoms with van der Waals surface area (Å²) in [6.07, 6.45) is 0.299. The van der Waals surface area contributed by atoms with Crippen LogP contribution in [0.15, 0.2) is 0 Å². The fourth-order valence-electron chi connectivity index (χ4n) is 2.64. The molecule has 2 aliphatic rings. The number of carbonyl (C=O) groups excluding carboxylic acids is 1. The van der Waals surface area contributed by atoms with Gasteiger partial charge in [0.15, 0.2) is 0 Å². The third-order valence-electron chi connectivity index (χ3n) is 3.20. The zero-order chi connectivity index (χ0) is 11.1. The van der Waals surface area contributed by atoms with E-state index < -0.39 is 5.92 Å². The summed E-state index contributed by atoms with van der Waals surface area (Å²) in [6.45, 7) is 2.58. The van der Waals surface area contributed by atoms with E-state index in [4.69, 9.17) is 4.74 Å². The van der Waals surface area contributed by atoms with Crippen LogP contribution in [0.2, 0.25) is 0 Å². The highest BCUT2D eigenvalue weighted by Gasteiger charge is 2.59. The Labute approximate surface area is 99.3 Å². The van der Waals surface area contributed by atoms with Crippen LogP contribution in [0.25, 0.3) is 0 Å². The molecule has 1 unspecified atom stereocenters. The molecule has 2 fully saturated rings. The number of hydrogen-bond donors (Lipinski definition) is 1. The Kier molecular flexibility index (Phi) is 3.80. The van der Waals surface area contributed by atoms with Crippen LogP contribution in [0.4, 0.5) is 8.78 Å². The summed E-state index contributed by atoms with van der Waals surface area (Å²) in [7, 11) is 0. The van der Waals surface area contributed by atoms with Gasteiger partial charge in [-0.25, -0.2) is 8.78 Å². The average Bonchev–Trinajstić information content (AvgIpc) is 2.47. The van der Waals surface area contributed by atoms with Gasteiger partial charge in [0.1, 0.15) is 6.04 Å². The highest BCUT2D eigenvalue weighted by molar-refractivity contribution is 5.85. The molecule has 1 saturated heterocycles. The van der Waals surface area contributed by atoms with E-state index in [9.17, 15) is 13.6 Å². The Bertz CT molecular complexity index is 278. The Morgan fingerprint density at radius 3 is 2.62 bits per heavy atom. The third-order valence-corrected chi connectivity index (χ3v) is 3.20. The summed E-state index contributed by atoms with van der Waals surface area (Å²) in [5, 5.41) is 2.96. The molecule has 0 radical (unpaired) electrons.